The maximum Gasteiger partial charge on any atom is 0.108 e. The first-order valence-corrected chi connectivity index (χ1v) is 5.39. The topological polar surface area (TPSA) is 71.0 Å². The highest BCUT2D eigenvalue weighted by atomic mass is 16.5. The van der Waals surface area contributed by atoms with Crippen LogP contribution >= 0.6 is 0 Å². The van der Waals surface area contributed by atoms with Crippen molar-refractivity contribution >= 4 is 31.1 Å². The summed E-state index contributed by atoms with van der Waals surface area (Å²) in [4.78, 5) is 19.6. The Morgan fingerprint density at radius 1 is 0.474 bits per heavy atom. The first kappa shape index (κ1) is 14.2. The molecule has 0 spiro atoms. The van der Waals surface area contributed by atoms with Crippen molar-refractivity contribution in [2.45, 2.75) is 0 Å². The molecule has 0 aliphatic carbocycles. The Hall–Kier alpha value is -2.89. The first-order valence-electron chi connectivity index (χ1n) is 5.39. The van der Waals surface area contributed by atoms with Crippen molar-refractivity contribution in [3.8, 4) is 0 Å². The zero-order valence-corrected chi connectivity index (χ0v) is 10.1. The minimum Gasteiger partial charge on any atom is -0.471 e. The van der Waals surface area contributed by atoms with Crippen molar-refractivity contribution in [1.82, 2.24) is 0 Å². The molecule has 0 N–H and O–H groups in total. The predicted octanol–water partition coefficient (Wildman–Crippen LogP) is 2.30. The number of allylic oxidation sites excluding steroid dienone is 1. The number of hydrogen-bond acceptors (Lipinski definition) is 6. The summed E-state index contributed by atoms with van der Waals surface area (Å²) in [5.74, 6) is 0. The second-order valence-corrected chi connectivity index (χ2v) is 2.84. The van der Waals surface area contributed by atoms with Gasteiger partial charge >= 0.3 is 0 Å². The van der Waals surface area contributed by atoms with Gasteiger partial charge in [0, 0.05) is 55.9 Å². The summed E-state index contributed by atoms with van der Waals surface area (Å²) in [6, 6.07) is 0. The van der Waals surface area contributed by atoms with Crippen molar-refractivity contribution in [2.75, 3.05) is 0 Å². The third-order valence-electron chi connectivity index (χ3n) is 1.51. The molecule has 1 heterocycles. The molecule has 1 rings (SSSR count). The normalized spacial score (nSPS) is 16.0. The van der Waals surface area contributed by atoms with Crippen LogP contribution in [0.2, 0.25) is 0 Å². The minimum absolute atomic E-state index is 1.43. The predicted molar refractivity (Wildman–Crippen MR) is 80.1 cm³/mol. The van der Waals surface area contributed by atoms with E-state index in [4.69, 9.17) is 4.74 Å². The maximum atomic E-state index is 5.00. The number of nitrogens with zero attached hydrogens (tertiary/aromatic N) is 5. The molecule has 0 saturated carbocycles. The molecule has 96 valence electrons. The Kier molecular flexibility index (Phi) is 8.65. The van der Waals surface area contributed by atoms with E-state index in [2.05, 4.69) is 25.0 Å². The number of aliphatic imine (C=N–C) groups is 5. The monoisotopic (exact) mass is 255 g/mol. The van der Waals surface area contributed by atoms with Gasteiger partial charge in [-0.3, -0.25) is 25.0 Å². The number of rotatable bonds is 0. The third-order valence-corrected chi connectivity index (χ3v) is 1.51. The summed E-state index contributed by atoms with van der Waals surface area (Å²) in [5.41, 5.74) is 0. The molecule has 1 aliphatic rings. The van der Waals surface area contributed by atoms with Gasteiger partial charge in [-0.15, -0.1) is 0 Å². The second kappa shape index (κ2) is 11.6. The van der Waals surface area contributed by atoms with E-state index < -0.39 is 0 Å². The van der Waals surface area contributed by atoms with Crippen molar-refractivity contribution in [1.29, 1.82) is 0 Å². The van der Waals surface area contributed by atoms with E-state index in [0.717, 1.165) is 0 Å². The molecule has 0 saturated heterocycles. The van der Waals surface area contributed by atoms with E-state index in [0.29, 0.717) is 0 Å². The fourth-order valence-corrected chi connectivity index (χ4v) is 0.802. The smallest absolute Gasteiger partial charge is 0.108 e. The molecule has 0 unspecified atom stereocenters. The largest absolute Gasteiger partial charge is 0.471 e. The molecule has 0 aromatic rings. The Labute approximate surface area is 111 Å². The lowest BCUT2D eigenvalue weighted by Crippen LogP contribution is -1.72. The molecule has 1 aliphatic heterocycles. The van der Waals surface area contributed by atoms with E-state index in [1.54, 1.807) is 37.1 Å². The molecular formula is C13H13N5O. The number of ether oxygens (including phenoxy) is 1. The van der Waals surface area contributed by atoms with Crippen LogP contribution < -0.4 is 0 Å². The van der Waals surface area contributed by atoms with Crippen LogP contribution in [-0.2, 0) is 4.74 Å². The van der Waals surface area contributed by atoms with E-state index in [1.807, 2.05) is 0 Å². The minimum atomic E-state index is 1.43. The van der Waals surface area contributed by atoms with Gasteiger partial charge in [-0.2, -0.15) is 0 Å². The molecule has 0 amide bonds. The molecule has 0 bridgehead atoms. The van der Waals surface area contributed by atoms with Gasteiger partial charge in [0.25, 0.3) is 0 Å². The van der Waals surface area contributed by atoms with Gasteiger partial charge in [-0.25, -0.2) is 0 Å². The summed E-state index contributed by atoms with van der Waals surface area (Å²) >= 11 is 0. The lowest BCUT2D eigenvalue weighted by Gasteiger charge is -1.84. The zero-order valence-electron chi connectivity index (χ0n) is 10.1. The molecule has 0 atom stereocenters. The second-order valence-electron chi connectivity index (χ2n) is 2.84. The molecule has 0 aromatic heterocycles. The highest BCUT2D eigenvalue weighted by Crippen LogP contribution is 1.82. The van der Waals surface area contributed by atoms with Gasteiger partial charge in [0.1, 0.15) is 6.26 Å². The van der Waals surface area contributed by atoms with Crippen molar-refractivity contribution in [2.24, 2.45) is 25.0 Å². The summed E-state index contributed by atoms with van der Waals surface area (Å²) in [5, 5.41) is 0. The average Bonchev–Trinajstić information content (AvgIpc) is 2.43. The quantitative estimate of drug-likeness (QED) is 0.654. The van der Waals surface area contributed by atoms with Gasteiger partial charge in [-0.1, -0.05) is 0 Å². The molecule has 6 nitrogen and oxygen atoms in total. The van der Waals surface area contributed by atoms with Crippen LogP contribution in [0.4, 0.5) is 0 Å². The fraction of sp³-hybridized carbons (Fsp3) is 0. The Balaban J connectivity index is 2.63. The van der Waals surface area contributed by atoms with Crippen LogP contribution in [0.5, 0.6) is 0 Å². The third kappa shape index (κ3) is 10.0. The molecule has 0 aromatic carbocycles. The van der Waals surface area contributed by atoms with Gasteiger partial charge in [0.15, 0.2) is 0 Å². The summed E-state index contributed by atoms with van der Waals surface area (Å²) in [7, 11) is 0. The van der Waals surface area contributed by atoms with Gasteiger partial charge in [0.05, 0.1) is 12.5 Å². The van der Waals surface area contributed by atoms with Crippen LogP contribution in [0.1, 0.15) is 0 Å². The van der Waals surface area contributed by atoms with Gasteiger partial charge in [0.2, 0.25) is 0 Å². The van der Waals surface area contributed by atoms with Crippen LogP contribution in [0.3, 0.4) is 0 Å². The molecule has 6 heteroatoms. The first-order chi connectivity index (χ1) is 9.50. The van der Waals surface area contributed by atoms with Gasteiger partial charge < -0.3 is 4.74 Å². The van der Waals surface area contributed by atoms with Crippen LogP contribution in [0, 0.1) is 0 Å². The number of hydrogen-bond donors (Lipinski definition) is 0. The van der Waals surface area contributed by atoms with E-state index in [-0.39, 0.29) is 0 Å². The standard InChI is InChI=1S/C13H13N5O/c1-2-14-3-4-15-5-6-16-7-8-17-9-10-18-11-13-19-12-1/h1-13H. The van der Waals surface area contributed by atoms with Crippen molar-refractivity contribution in [3.05, 3.63) is 49.6 Å². The molecule has 19 heavy (non-hydrogen) atoms. The van der Waals surface area contributed by atoms with Gasteiger partial charge in [-0.05, 0) is 6.08 Å². The molecule has 0 radical (unpaired) electrons. The highest BCUT2D eigenvalue weighted by molar-refractivity contribution is 6.16. The van der Waals surface area contributed by atoms with E-state index >= 15 is 0 Å². The summed E-state index contributed by atoms with van der Waals surface area (Å²) in [6.45, 7) is 0. The van der Waals surface area contributed by atoms with E-state index in [1.165, 1.54) is 43.6 Å². The molecule has 0 fully saturated rings. The lowest BCUT2D eigenvalue weighted by atomic mass is 10.7. The van der Waals surface area contributed by atoms with Crippen LogP contribution in [-0.4, -0.2) is 31.1 Å². The maximum absolute atomic E-state index is 5.00. The highest BCUT2D eigenvalue weighted by Gasteiger charge is 1.69. The average molecular weight is 255 g/mol. The van der Waals surface area contributed by atoms with E-state index in [9.17, 15) is 0 Å². The zero-order chi connectivity index (χ0) is 13.4. The Bertz CT molecular complexity index is 449. The Morgan fingerprint density at radius 3 is 1.53 bits per heavy atom. The fourth-order valence-electron chi connectivity index (χ4n) is 0.802. The summed E-state index contributed by atoms with van der Waals surface area (Å²) in [6.07, 6.45) is 19.9. The van der Waals surface area contributed by atoms with Crippen molar-refractivity contribution < 1.29 is 4.74 Å². The van der Waals surface area contributed by atoms with Crippen LogP contribution in [0.25, 0.3) is 0 Å². The molecular weight excluding hydrogens is 242 g/mol. The van der Waals surface area contributed by atoms with Crippen molar-refractivity contribution in [3.63, 3.8) is 0 Å². The van der Waals surface area contributed by atoms with Crippen LogP contribution in [0.15, 0.2) is 74.6 Å². The summed E-state index contributed by atoms with van der Waals surface area (Å²) < 4.78 is 5.00. The SMILES string of the molecule is C1=COC=CN=CC=NC=CN=CC=NC=CN=C1. The Morgan fingerprint density at radius 2 is 0.947 bits per heavy atom. The lowest BCUT2D eigenvalue weighted by molar-refractivity contribution is 0.402.